The molecule has 1 amide bonds. The van der Waals surface area contributed by atoms with E-state index < -0.39 is 5.60 Å². The Bertz CT molecular complexity index is 614. The number of carbonyl (C=O) groups is 1. The number of nitrogens with zero attached hydrogens (tertiary/aromatic N) is 3. The summed E-state index contributed by atoms with van der Waals surface area (Å²) in [5, 5.41) is 13.1. The van der Waals surface area contributed by atoms with Crippen molar-refractivity contribution in [1.82, 2.24) is 9.88 Å². The van der Waals surface area contributed by atoms with Gasteiger partial charge in [-0.2, -0.15) is 0 Å². The van der Waals surface area contributed by atoms with E-state index in [-0.39, 0.29) is 18.7 Å². The Morgan fingerprint density at radius 1 is 1.46 bits per heavy atom. The second-order valence-corrected chi connectivity index (χ2v) is 7.29. The van der Waals surface area contributed by atoms with Crippen LogP contribution in [0.3, 0.4) is 0 Å². The first kappa shape index (κ1) is 16.8. The molecule has 3 heterocycles. The largest absolute Gasteiger partial charge is 0.444 e. The number of aromatic nitrogens is 1. The van der Waals surface area contributed by atoms with Gasteiger partial charge in [-0.15, -0.1) is 0 Å². The van der Waals surface area contributed by atoms with Crippen LogP contribution in [0.5, 0.6) is 0 Å². The number of piperazine rings is 1. The van der Waals surface area contributed by atoms with Crippen molar-refractivity contribution >= 4 is 17.6 Å². The Kier molecular flexibility index (Phi) is 4.54. The molecule has 7 heteroatoms. The van der Waals surface area contributed by atoms with Crippen LogP contribution in [-0.4, -0.2) is 65.5 Å². The van der Waals surface area contributed by atoms with Gasteiger partial charge in [-0.05, 0) is 33.3 Å². The second-order valence-electron chi connectivity index (χ2n) is 7.29. The molecular formula is C17H26N4O3. The average Bonchev–Trinajstić information content (AvgIpc) is 3.01. The van der Waals surface area contributed by atoms with Crippen molar-refractivity contribution in [2.75, 3.05) is 43.0 Å². The van der Waals surface area contributed by atoms with Crippen molar-refractivity contribution in [2.45, 2.75) is 38.8 Å². The van der Waals surface area contributed by atoms with Gasteiger partial charge in [-0.3, -0.25) is 4.90 Å². The topological polar surface area (TPSA) is 77.9 Å². The summed E-state index contributed by atoms with van der Waals surface area (Å²) in [7, 11) is 0. The predicted molar refractivity (Wildman–Crippen MR) is 92.5 cm³/mol. The van der Waals surface area contributed by atoms with Crippen LogP contribution in [0.15, 0.2) is 12.3 Å². The van der Waals surface area contributed by atoms with Crippen LogP contribution >= 0.6 is 0 Å². The van der Waals surface area contributed by atoms with Gasteiger partial charge in [0.2, 0.25) is 0 Å². The van der Waals surface area contributed by atoms with Gasteiger partial charge in [0.05, 0.1) is 12.6 Å². The molecule has 0 aromatic carbocycles. The minimum Gasteiger partial charge on any atom is -0.444 e. The third-order valence-electron chi connectivity index (χ3n) is 4.36. The molecule has 7 nitrogen and oxygen atoms in total. The van der Waals surface area contributed by atoms with Crippen LogP contribution in [-0.2, 0) is 11.2 Å². The molecule has 0 saturated carbocycles. The van der Waals surface area contributed by atoms with E-state index in [1.165, 1.54) is 5.56 Å². The quantitative estimate of drug-likeness (QED) is 0.853. The van der Waals surface area contributed by atoms with Gasteiger partial charge in [-0.1, -0.05) is 0 Å². The van der Waals surface area contributed by atoms with Crippen LogP contribution < -0.4 is 10.2 Å². The molecule has 2 N–H and O–H groups in total. The lowest BCUT2D eigenvalue weighted by molar-refractivity contribution is 0.00704. The Hall–Kier alpha value is -2.02. The maximum absolute atomic E-state index is 12.4. The molecule has 132 valence electrons. The zero-order chi connectivity index (χ0) is 17.3. The number of amides is 1. The number of ether oxygens (including phenoxy) is 1. The molecule has 2 aliphatic rings. The van der Waals surface area contributed by atoms with E-state index in [0.717, 1.165) is 24.5 Å². The molecule has 1 atom stereocenters. The SMILES string of the molecule is CC(C)(C)OC(=O)N1CCN(c2ccnc3c2CCN3)C[C@H]1CO. The lowest BCUT2D eigenvalue weighted by Crippen LogP contribution is -2.57. The first-order chi connectivity index (χ1) is 11.4. The maximum Gasteiger partial charge on any atom is 0.410 e. The minimum absolute atomic E-state index is 0.0821. The third kappa shape index (κ3) is 3.40. The van der Waals surface area contributed by atoms with Crippen molar-refractivity contribution in [2.24, 2.45) is 0 Å². The highest BCUT2D eigenvalue weighted by atomic mass is 16.6. The molecule has 1 aromatic heterocycles. The maximum atomic E-state index is 12.4. The smallest absolute Gasteiger partial charge is 0.410 e. The molecule has 0 unspecified atom stereocenters. The zero-order valence-corrected chi connectivity index (χ0v) is 14.6. The van der Waals surface area contributed by atoms with Crippen LogP contribution in [0.1, 0.15) is 26.3 Å². The van der Waals surface area contributed by atoms with E-state index in [4.69, 9.17) is 4.74 Å². The van der Waals surface area contributed by atoms with E-state index in [9.17, 15) is 9.90 Å². The van der Waals surface area contributed by atoms with Crippen LogP contribution in [0.25, 0.3) is 0 Å². The number of nitrogens with one attached hydrogen (secondary N) is 1. The summed E-state index contributed by atoms with van der Waals surface area (Å²) in [6.45, 7) is 8.21. The molecule has 0 spiro atoms. The highest BCUT2D eigenvalue weighted by molar-refractivity contribution is 5.70. The van der Waals surface area contributed by atoms with Crippen molar-refractivity contribution in [3.63, 3.8) is 0 Å². The summed E-state index contributed by atoms with van der Waals surface area (Å²) >= 11 is 0. The normalized spacial score (nSPS) is 20.6. The van der Waals surface area contributed by atoms with Crippen molar-refractivity contribution in [1.29, 1.82) is 0 Å². The fourth-order valence-electron chi connectivity index (χ4n) is 3.27. The van der Waals surface area contributed by atoms with Crippen LogP contribution in [0.4, 0.5) is 16.3 Å². The Morgan fingerprint density at radius 2 is 2.25 bits per heavy atom. The summed E-state index contributed by atoms with van der Waals surface area (Å²) in [4.78, 5) is 20.6. The number of fused-ring (bicyclic) bond motifs is 1. The summed E-state index contributed by atoms with van der Waals surface area (Å²) in [6.07, 6.45) is 2.40. The molecule has 24 heavy (non-hydrogen) atoms. The Morgan fingerprint density at radius 3 is 2.96 bits per heavy atom. The number of carbonyl (C=O) groups excluding carboxylic acids is 1. The van der Waals surface area contributed by atoms with Gasteiger partial charge in [0.1, 0.15) is 11.4 Å². The van der Waals surface area contributed by atoms with Crippen molar-refractivity contribution in [3.8, 4) is 0 Å². The fourth-order valence-corrected chi connectivity index (χ4v) is 3.27. The van der Waals surface area contributed by atoms with Crippen molar-refractivity contribution < 1.29 is 14.6 Å². The van der Waals surface area contributed by atoms with Gasteiger partial charge in [0, 0.05) is 43.6 Å². The lowest BCUT2D eigenvalue weighted by atomic mass is 10.1. The third-order valence-corrected chi connectivity index (χ3v) is 4.36. The van der Waals surface area contributed by atoms with Gasteiger partial charge in [-0.25, -0.2) is 9.78 Å². The van der Waals surface area contributed by atoms with E-state index >= 15 is 0 Å². The van der Waals surface area contributed by atoms with Gasteiger partial charge >= 0.3 is 6.09 Å². The van der Waals surface area contributed by atoms with E-state index in [0.29, 0.717) is 19.6 Å². The lowest BCUT2D eigenvalue weighted by Gasteiger charge is -2.42. The summed E-state index contributed by atoms with van der Waals surface area (Å²) in [6, 6.07) is 1.75. The Balaban J connectivity index is 1.74. The molecule has 0 bridgehead atoms. The first-order valence-electron chi connectivity index (χ1n) is 8.46. The van der Waals surface area contributed by atoms with E-state index in [1.807, 2.05) is 26.8 Å². The molecular weight excluding hydrogens is 308 g/mol. The predicted octanol–water partition coefficient (Wildman–Crippen LogP) is 1.47. The number of pyridine rings is 1. The Labute approximate surface area is 142 Å². The standard InChI is InChI=1S/C17H26N4O3/c1-17(2,3)24-16(23)21-9-8-20(10-12(21)11-22)14-5-7-19-15-13(14)4-6-18-15/h5,7,12,22H,4,6,8-11H2,1-3H3,(H,18,19)/t12-/m0/s1. The molecule has 1 fully saturated rings. The number of hydrogen-bond donors (Lipinski definition) is 2. The van der Waals surface area contributed by atoms with Crippen LogP contribution in [0.2, 0.25) is 0 Å². The van der Waals surface area contributed by atoms with E-state index in [1.54, 1.807) is 11.1 Å². The number of anilines is 2. The number of aliphatic hydroxyl groups excluding tert-OH is 1. The van der Waals surface area contributed by atoms with Crippen molar-refractivity contribution in [3.05, 3.63) is 17.8 Å². The monoisotopic (exact) mass is 334 g/mol. The first-order valence-corrected chi connectivity index (χ1v) is 8.46. The van der Waals surface area contributed by atoms with Gasteiger partial charge < -0.3 is 20.1 Å². The number of rotatable bonds is 2. The molecule has 3 rings (SSSR count). The highest BCUT2D eigenvalue weighted by Gasteiger charge is 2.34. The van der Waals surface area contributed by atoms with Gasteiger partial charge in [0.15, 0.2) is 0 Å². The highest BCUT2D eigenvalue weighted by Crippen LogP contribution is 2.31. The number of aliphatic hydroxyl groups is 1. The molecule has 0 radical (unpaired) electrons. The zero-order valence-electron chi connectivity index (χ0n) is 14.6. The molecule has 0 aliphatic carbocycles. The fraction of sp³-hybridized carbons (Fsp3) is 0.647. The van der Waals surface area contributed by atoms with Crippen LogP contribution in [0, 0.1) is 0 Å². The summed E-state index contributed by atoms with van der Waals surface area (Å²) in [5.41, 5.74) is 1.83. The van der Waals surface area contributed by atoms with E-state index in [2.05, 4.69) is 15.2 Å². The minimum atomic E-state index is -0.536. The second kappa shape index (κ2) is 6.47. The average molecular weight is 334 g/mol. The molecule has 1 saturated heterocycles. The molecule has 2 aliphatic heterocycles. The summed E-state index contributed by atoms with van der Waals surface area (Å²) < 4.78 is 5.46. The number of hydrogen-bond acceptors (Lipinski definition) is 6. The summed E-state index contributed by atoms with van der Waals surface area (Å²) in [5.74, 6) is 0.947. The molecule has 1 aromatic rings. The van der Waals surface area contributed by atoms with Gasteiger partial charge in [0.25, 0.3) is 0 Å².